The lowest BCUT2D eigenvalue weighted by atomic mass is 10.2. The van der Waals surface area contributed by atoms with Gasteiger partial charge in [-0.05, 0) is 0 Å². The van der Waals surface area contributed by atoms with Gasteiger partial charge in [0.1, 0.15) is 13.5 Å². The summed E-state index contributed by atoms with van der Waals surface area (Å²) in [6.45, 7) is 1.08. The first kappa shape index (κ1) is 16.6. The molecular weight excluding hydrogens is 308 g/mol. The Morgan fingerprint density at radius 3 is 2.48 bits per heavy atom. The molecule has 0 aliphatic heterocycles. The van der Waals surface area contributed by atoms with Crippen LogP contribution in [0.4, 0.5) is 5.95 Å². The Kier molecular flexibility index (Phi) is 4.77. The van der Waals surface area contributed by atoms with Gasteiger partial charge in [-0.2, -0.15) is 4.98 Å². The quantitative estimate of drug-likeness (QED) is 0.770. The molecule has 0 atom stereocenters. The summed E-state index contributed by atoms with van der Waals surface area (Å²) in [4.78, 5) is 39.5. The maximum Gasteiger partial charge on any atom is 0.338 e. The number of rotatable bonds is 6. The Morgan fingerprint density at radius 2 is 1.96 bits per heavy atom. The third-order valence-electron chi connectivity index (χ3n) is 3.02. The van der Waals surface area contributed by atoms with E-state index < -0.39 is 17.4 Å². The lowest BCUT2D eigenvalue weighted by Crippen LogP contribution is -2.28. The molecule has 0 aromatic carbocycles. The van der Waals surface area contributed by atoms with E-state index in [9.17, 15) is 19.5 Å². The number of aromatic carboxylic acids is 1. The molecule has 0 saturated heterocycles. The molecule has 2 heterocycles. The number of nitrogens with zero attached hydrogens (tertiary/aromatic N) is 3. The molecule has 10 nitrogen and oxygen atoms in total. The Hall–Kier alpha value is -2.72. The van der Waals surface area contributed by atoms with Crippen LogP contribution < -0.4 is 10.9 Å². The van der Waals surface area contributed by atoms with Crippen LogP contribution in [0.5, 0.6) is 0 Å². The van der Waals surface area contributed by atoms with Gasteiger partial charge in [-0.1, -0.05) is 0 Å². The second kappa shape index (κ2) is 6.58. The van der Waals surface area contributed by atoms with Crippen LogP contribution in [0.25, 0.3) is 11.0 Å². The second-order valence-corrected chi connectivity index (χ2v) is 4.70. The summed E-state index contributed by atoms with van der Waals surface area (Å²) in [5.41, 5.74) is -0.730. The zero-order chi connectivity index (χ0) is 17.1. The zero-order valence-electron chi connectivity index (χ0n) is 12.8. The number of carbonyl (C=O) groups is 2. The number of amides is 1. The highest BCUT2D eigenvalue weighted by molar-refractivity contribution is 6.02. The Bertz CT molecular complexity index is 822. The van der Waals surface area contributed by atoms with E-state index in [1.807, 2.05) is 0 Å². The van der Waals surface area contributed by atoms with Crippen LogP contribution in [0.1, 0.15) is 17.3 Å². The van der Waals surface area contributed by atoms with Crippen molar-refractivity contribution >= 4 is 28.9 Å². The third kappa shape index (κ3) is 3.07. The molecule has 0 radical (unpaired) electrons. The van der Waals surface area contributed by atoms with E-state index in [-0.39, 0.29) is 36.0 Å². The third-order valence-corrected chi connectivity index (χ3v) is 3.02. The van der Waals surface area contributed by atoms with Gasteiger partial charge in [0.2, 0.25) is 11.9 Å². The zero-order valence-corrected chi connectivity index (χ0v) is 12.8. The highest BCUT2D eigenvalue weighted by Gasteiger charge is 2.22. The van der Waals surface area contributed by atoms with E-state index in [0.717, 1.165) is 4.57 Å². The number of anilines is 1. The molecule has 0 fully saturated rings. The number of carboxylic acid groups (broad SMARTS) is 1. The molecule has 1 amide bonds. The molecule has 2 N–H and O–H groups in total. The van der Waals surface area contributed by atoms with E-state index in [2.05, 4.69) is 10.3 Å². The van der Waals surface area contributed by atoms with Gasteiger partial charge in [0.25, 0.3) is 5.56 Å². The van der Waals surface area contributed by atoms with Gasteiger partial charge in [0.15, 0.2) is 5.65 Å². The normalized spacial score (nSPS) is 10.9. The predicted molar refractivity (Wildman–Crippen MR) is 79.3 cm³/mol. The van der Waals surface area contributed by atoms with E-state index in [1.165, 1.54) is 31.9 Å². The number of ether oxygens (including phenoxy) is 2. The largest absolute Gasteiger partial charge is 0.478 e. The molecule has 124 valence electrons. The maximum absolute atomic E-state index is 12.6. The molecule has 10 heteroatoms. The average Bonchev–Trinajstić information content (AvgIpc) is 2.82. The summed E-state index contributed by atoms with van der Waals surface area (Å²) >= 11 is 0. The van der Waals surface area contributed by atoms with Crippen molar-refractivity contribution in [3.05, 3.63) is 22.1 Å². The molecule has 0 aliphatic carbocycles. The fourth-order valence-corrected chi connectivity index (χ4v) is 2.17. The first-order chi connectivity index (χ1) is 10.9. The van der Waals surface area contributed by atoms with Crippen molar-refractivity contribution in [3.8, 4) is 0 Å². The minimum absolute atomic E-state index is 0.00399. The summed E-state index contributed by atoms with van der Waals surface area (Å²) in [7, 11) is 2.79. The fraction of sp³-hybridized carbons (Fsp3) is 0.385. The van der Waals surface area contributed by atoms with E-state index in [0.29, 0.717) is 0 Å². The van der Waals surface area contributed by atoms with Crippen molar-refractivity contribution < 1.29 is 24.2 Å². The summed E-state index contributed by atoms with van der Waals surface area (Å²) < 4.78 is 12.3. The highest BCUT2D eigenvalue weighted by Crippen LogP contribution is 2.19. The smallest absolute Gasteiger partial charge is 0.338 e. The molecule has 2 rings (SSSR count). The summed E-state index contributed by atoms with van der Waals surface area (Å²) in [6.07, 6.45) is 1.26. The number of aromatic nitrogens is 3. The monoisotopic (exact) mass is 324 g/mol. The van der Waals surface area contributed by atoms with Gasteiger partial charge in [-0.3, -0.25) is 19.5 Å². The van der Waals surface area contributed by atoms with Gasteiger partial charge in [0, 0.05) is 27.3 Å². The summed E-state index contributed by atoms with van der Waals surface area (Å²) in [5, 5.41) is 11.6. The number of hydrogen-bond donors (Lipinski definition) is 2. The van der Waals surface area contributed by atoms with Crippen LogP contribution in [0.3, 0.4) is 0 Å². The predicted octanol–water partition coefficient (Wildman–Crippen LogP) is 0.0624. The van der Waals surface area contributed by atoms with Crippen molar-refractivity contribution in [3.63, 3.8) is 0 Å². The van der Waals surface area contributed by atoms with Crippen molar-refractivity contribution in [2.45, 2.75) is 20.4 Å². The molecule has 0 bridgehead atoms. The second-order valence-electron chi connectivity index (χ2n) is 4.70. The van der Waals surface area contributed by atoms with Crippen LogP contribution in [0.15, 0.2) is 11.0 Å². The van der Waals surface area contributed by atoms with Crippen molar-refractivity contribution in [1.82, 2.24) is 14.1 Å². The van der Waals surface area contributed by atoms with Gasteiger partial charge >= 0.3 is 5.97 Å². The van der Waals surface area contributed by atoms with Crippen LogP contribution in [-0.4, -0.2) is 45.3 Å². The Labute approximate surface area is 130 Å². The van der Waals surface area contributed by atoms with Gasteiger partial charge in [-0.15, -0.1) is 0 Å². The molecule has 2 aromatic heterocycles. The summed E-state index contributed by atoms with van der Waals surface area (Å²) in [6, 6.07) is 0. The van der Waals surface area contributed by atoms with Crippen LogP contribution in [0, 0.1) is 0 Å². The highest BCUT2D eigenvalue weighted by atomic mass is 16.5. The summed E-state index contributed by atoms with van der Waals surface area (Å²) in [5.74, 6) is -1.73. The van der Waals surface area contributed by atoms with Gasteiger partial charge in [-0.25, -0.2) is 4.79 Å². The van der Waals surface area contributed by atoms with E-state index >= 15 is 0 Å². The molecular formula is C13H16N4O6. The molecule has 2 aromatic rings. The average molecular weight is 324 g/mol. The van der Waals surface area contributed by atoms with Crippen molar-refractivity contribution in [2.75, 3.05) is 19.5 Å². The standard InChI is InChI=1S/C13H16N4O6/c1-7(18)14-13-15-10-9(11(19)17(13)6-23-3)8(12(20)21)4-16(10)5-22-2/h4H,5-6H2,1-3H3,(H,20,21)(H,14,15,18). The lowest BCUT2D eigenvalue weighted by molar-refractivity contribution is -0.114. The molecule has 0 aliphatic rings. The number of nitrogens with one attached hydrogen (secondary N) is 1. The number of fused-ring (bicyclic) bond motifs is 1. The van der Waals surface area contributed by atoms with Crippen LogP contribution in [-0.2, 0) is 27.7 Å². The lowest BCUT2D eigenvalue weighted by Gasteiger charge is -2.12. The van der Waals surface area contributed by atoms with Crippen LogP contribution in [0.2, 0.25) is 0 Å². The molecule has 23 heavy (non-hydrogen) atoms. The number of hydrogen-bond acceptors (Lipinski definition) is 6. The van der Waals surface area contributed by atoms with Crippen molar-refractivity contribution in [1.29, 1.82) is 0 Å². The molecule has 0 spiro atoms. The fourth-order valence-electron chi connectivity index (χ4n) is 2.17. The van der Waals surface area contributed by atoms with Gasteiger partial charge < -0.3 is 19.1 Å². The van der Waals surface area contributed by atoms with E-state index in [1.54, 1.807) is 0 Å². The Morgan fingerprint density at radius 1 is 1.30 bits per heavy atom. The Balaban J connectivity index is 2.85. The minimum atomic E-state index is -1.26. The number of carboxylic acids is 1. The van der Waals surface area contributed by atoms with Crippen LogP contribution >= 0.6 is 0 Å². The topological polar surface area (TPSA) is 125 Å². The molecule has 0 saturated carbocycles. The van der Waals surface area contributed by atoms with E-state index in [4.69, 9.17) is 9.47 Å². The van der Waals surface area contributed by atoms with Gasteiger partial charge in [0.05, 0.1) is 10.9 Å². The first-order valence-electron chi connectivity index (χ1n) is 6.53. The minimum Gasteiger partial charge on any atom is -0.478 e. The van der Waals surface area contributed by atoms with Crippen molar-refractivity contribution in [2.24, 2.45) is 0 Å². The number of carbonyl (C=O) groups excluding carboxylic acids is 1. The number of methoxy groups -OCH3 is 2. The first-order valence-corrected chi connectivity index (χ1v) is 6.53. The SMILES string of the molecule is COCn1c(NC(C)=O)nc2c(c(C(=O)O)cn2COC)c1=O. The maximum atomic E-state index is 12.6. The molecule has 0 unspecified atom stereocenters.